The van der Waals surface area contributed by atoms with Gasteiger partial charge in [-0.2, -0.15) is 15.3 Å². The van der Waals surface area contributed by atoms with Crippen LogP contribution in [0.2, 0.25) is 0 Å². The van der Waals surface area contributed by atoms with E-state index in [9.17, 15) is 5.11 Å². The van der Waals surface area contributed by atoms with Crippen LogP contribution >= 0.6 is 11.3 Å². The van der Waals surface area contributed by atoms with Crippen LogP contribution in [0.25, 0.3) is 66.9 Å². The molecule has 1 aliphatic heterocycles. The van der Waals surface area contributed by atoms with E-state index in [4.69, 9.17) is 48.1 Å². The van der Waals surface area contributed by atoms with Crippen molar-refractivity contribution in [2.45, 2.75) is 35.1 Å². The van der Waals surface area contributed by atoms with Gasteiger partial charge in [-0.15, -0.1) is 11.3 Å². The molecule has 25 nitrogen and oxygen atoms in total. The molecule has 0 fully saturated rings. The summed E-state index contributed by atoms with van der Waals surface area (Å²) in [5, 5.41) is 25.1. The van der Waals surface area contributed by atoms with Gasteiger partial charge < -0.3 is 53.0 Å². The molecule has 8 aromatic heterocycles. The van der Waals surface area contributed by atoms with Gasteiger partial charge >= 0.3 is 0 Å². The molecular formula is C79H83N17O8S. The average Bonchev–Trinajstić information content (AvgIpc) is 1.74. The third-order valence-electron chi connectivity index (χ3n) is 16.5. The molecule has 6 aromatic carbocycles. The van der Waals surface area contributed by atoms with Crippen molar-refractivity contribution >= 4 is 78.6 Å². The molecule has 9 heterocycles. The molecule has 0 atom stereocenters. The highest BCUT2D eigenvalue weighted by atomic mass is 32.1. The maximum atomic E-state index is 9.72. The number of ether oxygens (including phenoxy) is 7. The predicted octanol–water partition coefficient (Wildman–Crippen LogP) is 14.7. The first-order valence-corrected chi connectivity index (χ1v) is 33.2. The van der Waals surface area contributed by atoms with Crippen LogP contribution in [0.15, 0.2) is 195 Å². The van der Waals surface area contributed by atoms with E-state index in [1.54, 1.807) is 93.0 Å². The lowest BCUT2D eigenvalue weighted by Gasteiger charge is -2.26. The number of aliphatic hydroxyl groups excluding tert-OH is 1. The standard InChI is InChI=1S/C28H28N6O2.C26H22N6O2S.C22H21N5O4.3CH4/c1-33-19-21(17-31-33)28-18-30-26-7-6-22(15-27(26)32-28)34(12-4-5-20-8-10-29-11-9-20)23-13-24(35-2)16-25(14-23)36-3;1-31-17-18(15-29-31)25-16-28-23-7-6-19(13-24(23)30-25)32(9-4-5-26-27-8-10-35-26)20-11-21(33-2)14-22(12-20)34-3;1-26-12-14(10-24-26)19-11-23-17-4-3-15(7-18(17)25-19)27(5-6-28)16-8-20(29-2)22-21(9-16)30-13-31-22;;;/h6-11,13-19H,4-5,12H2,1-3H3;6-8,10-17H,9H2,1-3H3;3-4,7-12,28H,5-6,13H2,1-2H3;3*1H4. The van der Waals surface area contributed by atoms with Gasteiger partial charge in [-0.1, -0.05) is 28.2 Å². The number of thiazole rings is 1. The fraction of sp³-hybridized carbons (Fsp3) is 0.228. The van der Waals surface area contributed by atoms with E-state index < -0.39 is 0 Å². The van der Waals surface area contributed by atoms with E-state index in [0.717, 1.165) is 137 Å². The first kappa shape index (κ1) is 74.9. The van der Waals surface area contributed by atoms with Crippen LogP contribution in [0.3, 0.4) is 0 Å². The van der Waals surface area contributed by atoms with Gasteiger partial charge in [-0.05, 0) is 91.1 Å². The number of anilines is 6. The number of hydrogen-bond acceptors (Lipinski definition) is 23. The van der Waals surface area contributed by atoms with Gasteiger partial charge in [0.1, 0.15) is 23.0 Å². The van der Waals surface area contributed by atoms with Gasteiger partial charge in [-0.3, -0.25) is 34.0 Å². The van der Waals surface area contributed by atoms with E-state index in [0.29, 0.717) is 41.8 Å². The number of rotatable bonds is 21. The maximum Gasteiger partial charge on any atom is 0.231 e. The Balaban J connectivity index is 0.000000167. The minimum absolute atomic E-state index is 0. The molecule has 0 saturated carbocycles. The number of aliphatic hydroxyl groups is 1. The van der Waals surface area contributed by atoms with Crippen LogP contribution in [0.5, 0.6) is 40.2 Å². The van der Waals surface area contributed by atoms with Crippen molar-refractivity contribution in [3.8, 4) is 85.9 Å². The van der Waals surface area contributed by atoms with Gasteiger partial charge in [-0.25, -0.2) is 19.9 Å². The van der Waals surface area contributed by atoms with E-state index in [1.807, 2.05) is 153 Å². The summed E-state index contributed by atoms with van der Waals surface area (Å²) in [6.07, 6.45) is 23.7. The molecular weight excluding hydrogens is 1350 g/mol. The molecule has 0 amide bonds. The van der Waals surface area contributed by atoms with Crippen molar-refractivity contribution in [3.05, 3.63) is 206 Å². The lowest BCUT2D eigenvalue weighted by Crippen LogP contribution is -2.21. The molecule has 538 valence electrons. The molecule has 15 rings (SSSR count). The molecule has 0 spiro atoms. The summed E-state index contributed by atoms with van der Waals surface area (Å²) in [5.74, 6) is 11.0. The molecule has 1 N–H and O–H groups in total. The van der Waals surface area contributed by atoms with Crippen LogP contribution < -0.4 is 47.9 Å². The Morgan fingerprint density at radius 3 is 1.36 bits per heavy atom. The minimum Gasteiger partial charge on any atom is -0.497 e. The molecule has 105 heavy (non-hydrogen) atoms. The van der Waals surface area contributed by atoms with Gasteiger partial charge in [0.2, 0.25) is 12.5 Å². The Kier molecular flexibility index (Phi) is 24.8. The molecule has 0 bridgehead atoms. The molecule has 14 aromatic rings. The number of methoxy groups -OCH3 is 5. The topological polar surface area (TPSA) is 251 Å². The molecule has 26 heteroatoms. The zero-order chi connectivity index (χ0) is 70.5. The minimum atomic E-state index is -0.0316. The number of hydrogen-bond donors (Lipinski definition) is 1. The monoisotopic (exact) mass is 1430 g/mol. The summed E-state index contributed by atoms with van der Waals surface area (Å²) in [4.78, 5) is 43.0. The van der Waals surface area contributed by atoms with Crippen molar-refractivity contribution in [2.24, 2.45) is 21.1 Å². The van der Waals surface area contributed by atoms with Crippen molar-refractivity contribution in [3.63, 3.8) is 0 Å². The highest BCUT2D eigenvalue weighted by molar-refractivity contribution is 7.10. The number of aromatic nitrogens is 14. The van der Waals surface area contributed by atoms with Crippen LogP contribution in [0.4, 0.5) is 34.1 Å². The smallest absolute Gasteiger partial charge is 0.231 e. The molecule has 0 radical (unpaired) electrons. The second-order valence-corrected chi connectivity index (χ2v) is 24.1. The SMILES string of the molecule is C.C.C.COc1cc(N(CCO)c2ccc3ncc(-c4cnn(C)c4)nc3c2)cc2c1OCO2.COc1cc(OC)cc(N(CC#Cc2nccs2)c2ccc3ncc(-c4cnn(C)c4)nc3c2)c1.COc1cc(OC)cc(N(CCCc2ccncc2)c2ccc3ncc(-c4cnn(C)c4)nc3c2)c1. The molecule has 0 aliphatic carbocycles. The Hall–Kier alpha value is -12.7. The van der Waals surface area contributed by atoms with Crippen LogP contribution in [0.1, 0.15) is 39.3 Å². The van der Waals surface area contributed by atoms with Crippen molar-refractivity contribution in [1.29, 1.82) is 0 Å². The van der Waals surface area contributed by atoms with Crippen molar-refractivity contribution < 1.29 is 38.3 Å². The van der Waals surface area contributed by atoms with Crippen molar-refractivity contribution in [2.75, 3.05) is 83.3 Å². The summed E-state index contributed by atoms with van der Waals surface area (Å²) in [5.41, 5.74) is 16.5. The van der Waals surface area contributed by atoms with Gasteiger partial charge in [0.15, 0.2) is 16.5 Å². The zero-order valence-electron chi connectivity index (χ0n) is 57.2. The fourth-order valence-electron chi connectivity index (χ4n) is 11.5. The second-order valence-electron chi connectivity index (χ2n) is 23.2. The Morgan fingerprint density at radius 2 is 0.933 bits per heavy atom. The fourth-order valence-corrected chi connectivity index (χ4v) is 12.0. The van der Waals surface area contributed by atoms with Gasteiger partial charge in [0.05, 0.1) is 136 Å². The third kappa shape index (κ3) is 17.8. The lowest BCUT2D eigenvalue weighted by atomic mass is 10.1. The van der Waals surface area contributed by atoms with E-state index in [1.165, 1.54) is 16.9 Å². The van der Waals surface area contributed by atoms with Gasteiger partial charge in [0.25, 0.3) is 0 Å². The summed E-state index contributed by atoms with van der Waals surface area (Å²) in [6.45, 7) is 1.72. The number of aryl methyl sites for hydroxylation is 4. The van der Waals surface area contributed by atoms with Crippen LogP contribution in [-0.4, -0.2) is 143 Å². The Labute approximate surface area is 613 Å². The number of benzene rings is 6. The maximum absolute atomic E-state index is 9.72. The average molecular weight is 1430 g/mol. The second kappa shape index (κ2) is 34.8. The normalized spacial score (nSPS) is 10.9. The molecule has 0 saturated heterocycles. The highest BCUT2D eigenvalue weighted by Gasteiger charge is 2.24. The molecule has 1 aliphatic rings. The number of pyridine rings is 1. The quantitative estimate of drug-likeness (QED) is 0.0656. The van der Waals surface area contributed by atoms with E-state index in [2.05, 4.69) is 86.1 Å². The van der Waals surface area contributed by atoms with Gasteiger partial charge in [0, 0.05) is 176 Å². The largest absolute Gasteiger partial charge is 0.497 e. The Bertz CT molecular complexity index is 5250. The lowest BCUT2D eigenvalue weighted by molar-refractivity contribution is 0.171. The van der Waals surface area contributed by atoms with Crippen LogP contribution in [0, 0.1) is 11.8 Å². The third-order valence-corrected chi connectivity index (χ3v) is 17.2. The summed E-state index contributed by atoms with van der Waals surface area (Å²) in [7, 11) is 13.8. The predicted molar refractivity (Wildman–Crippen MR) is 413 cm³/mol. The molecule has 0 unspecified atom stereocenters. The summed E-state index contributed by atoms with van der Waals surface area (Å²) < 4.78 is 43.9. The summed E-state index contributed by atoms with van der Waals surface area (Å²) >= 11 is 1.51. The number of fused-ring (bicyclic) bond motifs is 4. The zero-order valence-corrected chi connectivity index (χ0v) is 58.1. The first-order valence-electron chi connectivity index (χ1n) is 32.3. The highest BCUT2D eigenvalue weighted by Crippen LogP contribution is 2.46. The number of nitrogens with zero attached hydrogens (tertiary/aromatic N) is 17. The Morgan fingerprint density at radius 1 is 0.476 bits per heavy atom. The van der Waals surface area contributed by atoms with E-state index in [-0.39, 0.29) is 35.7 Å². The van der Waals surface area contributed by atoms with Crippen LogP contribution in [-0.2, 0) is 27.6 Å². The van der Waals surface area contributed by atoms with Crippen molar-refractivity contribution in [1.82, 2.24) is 69.2 Å². The van der Waals surface area contributed by atoms with E-state index >= 15 is 0 Å². The first-order chi connectivity index (χ1) is 49.9. The summed E-state index contributed by atoms with van der Waals surface area (Å²) in [6, 6.07) is 37.5.